The molecule has 0 bridgehead atoms. The first-order chi connectivity index (χ1) is 15.8. The molecule has 0 N–H and O–H groups in total. The average molecular weight is 456 g/mol. The van der Waals surface area contributed by atoms with Gasteiger partial charge in [-0.1, -0.05) is 13.8 Å². The summed E-state index contributed by atoms with van der Waals surface area (Å²) in [5.41, 5.74) is 3.70. The highest BCUT2D eigenvalue weighted by molar-refractivity contribution is 5.78. The molecule has 2 fully saturated rings. The zero-order valence-electron chi connectivity index (χ0n) is 20.5. The molecule has 180 valence electrons. The molecule has 2 saturated heterocycles. The number of pyridine rings is 1. The van der Waals surface area contributed by atoms with Crippen molar-refractivity contribution < 1.29 is 14.3 Å². The Balaban J connectivity index is 1.52. The Morgan fingerprint density at radius 2 is 1.82 bits per heavy atom. The molecule has 0 spiro atoms. The largest absolute Gasteiger partial charge is 0.378 e. The normalized spacial score (nSPS) is 21.1. The van der Waals surface area contributed by atoms with E-state index in [9.17, 15) is 10.1 Å². The van der Waals surface area contributed by atoms with Gasteiger partial charge in [-0.3, -0.25) is 9.69 Å². The lowest BCUT2D eigenvalue weighted by Crippen LogP contribution is -2.52. The number of hydrogen-bond acceptors (Lipinski definition) is 7. The van der Waals surface area contributed by atoms with Gasteiger partial charge in [0, 0.05) is 56.9 Å². The molecule has 33 heavy (non-hydrogen) atoms. The number of rotatable bonds is 5. The van der Waals surface area contributed by atoms with Crippen LogP contribution < -0.4 is 4.90 Å². The highest BCUT2D eigenvalue weighted by atomic mass is 16.5. The van der Waals surface area contributed by atoms with Crippen molar-refractivity contribution in [2.75, 3.05) is 63.9 Å². The summed E-state index contributed by atoms with van der Waals surface area (Å²) in [6.07, 6.45) is 1.60. The number of amides is 1. The van der Waals surface area contributed by atoms with Crippen LogP contribution in [0.4, 0.5) is 5.82 Å². The molecule has 1 aromatic rings. The molecule has 8 heteroatoms. The standard InChI is InChI=1S/C25H37N5O3/c1-18(2)13-22-21-17-33-25(3,4)14-19(21)20(15-26)24(27-22)30-7-5-28(6-8-30)16-23(31)29-9-11-32-12-10-29/h18H,5-14,16-17H2,1-4H3. The van der Waals surface area contributed by atoms with Gasteiger partial charge in [0.2, 0.25) is 5.91 Å². The SMILES string of the molecule is CC(C)Cc1nc(N2CCN(CC(=O)N3CCOCC3)CC2)c(C#N)c2c1COC(C)(C)C2. The number of morpholine rings is 1. The van der Waals surface area contributed by atoms with Gasteiger partial charge < -0.3 is 19.3 Å². The fourth-order valence-electron chi connectivity index (χ4n) is 4.94. The van der Waals surface area contributed by atoms with Gasteiger partial charge in [-0.15, -0.1) is 0 Å². The number of hydrogen-bond donors (Lipinski definition) is 0. The van der Waals surface area contributed by atoms with Crippen LogP contribution in [0.5, 0.6) is 0 Å². The molecule has 0 aromatic carbocycles. The van der Waals surface area contributed by atoms with E-state index in [1.54, 1.807) is 0 Å². The van der Waals surface area contributed by atoms with E-state index >= 15 is 0 Å². The number of fused-ring (bicyclic) bond motifs is 1. The third-order valence-electron chi connectivity index (χ3n) is 6.80. The van der Waals surface area contributed by atoms with Crippen molar-refractivity contribution in [3.8, 4) is 6.07 Å². The van der Waals surface area contributed by atoms with Crippen LogP contribution in [0.1, 0.15) is 50.1 Å². The van der Waals surface area contributed by atoms with Crippen molar-refractivity contribution in [3.63, 3.8) is 0 Å². The first kappa shape index (κ1) is 23.9. The van der Waals surface area contributed by atoms with Crippen molar-refractivity contribution >= 4 is 11.7 Å². The number of piperazine rings is 1. The fourth-order valence-corrected chi connectivity index (χ4v) is 4.94. The van der Waals surface area contributed by atoms with Crippen LogP contribution >= 0.6 is 0 Å². The summed E-state index contributed by atoms with van der Waals surface area (Å²) in [5, 5.41) is 10.1. The second-order valence-electron chi connectivity index (χ2n) is 10.4. The van der Waals surface area contributed by atoms with Gasteiger partial charge in [0.15, 0.2) is 0 Å². The van der Waals surface area contributed by atoms with Crippen LogP contribution in [0.15, 0.2) is 0 Å². The Morgan fingerprint density at radius 3 is 2.45 bits per heavy atom. The third-order valence-corrected chi connectivity index (χ3v) is 6.80. The molecule has 0 unspecified atom stereocenters. The lowest BCUT2D eigenvalue weighted by molar-refractivity contribution is -0.136. The number of ether oxygens (including phenoxy) is 2. The fraction of sp³-hybridized carbons (Fsp3) is 0.720. The number of anilines is 1. The lowest BCUT2D eigenvalue weighted by Gasteiger charge is -2.38. The van der Waals surface area contributed by atoms with Gasteiger partial charge in [-0.2, -0.15) is 5.26 Å². The van der Waals surface area contributed by atoms with Crippen LogP contribution in [0.2, 0.25) is 0 Å². The number of nitriles is 1. The molecule has 4 rings (SSSR count). The minimum atomic E-state index is -0.287. The van der Waals surface area contributed by atoms with Crippen molar-refractivity contribution in [1.29, 1.82) is 5.26 Å². The Morgan fingerprint density at radius 1 is 1.12 bits per heavy atom. The van der Waals surface area contributed by atoms with E-state index in [1.807, 2.05) is 4.90 Å². The van der Waals surface area contributed by atoms with E-state index in [2.05, 4.69) is 43.6 Å². The van der Waals surface area contributed by atoms with Gasteiger partial charge in [0.05, 0.1) is 37.5 Å². The molecule has 0 aliphatic carbocycles. The number of carbonyl (C=O) groups is 1. The van der Waals surface area contributed by atoms with E-state index in [-0.39, 0.29) is 11.5 Å². The predicted octanol–water partition coefficient (Wildman–Crippen LogP) is 1.98. The van der Waals surface area contributed by atoms with Crippen LogP contribution in [0.3, 0.4) is 0 Å². The minimum Gasteiger partial charge on any atom is -0.378 e. The molecule has 0 atom stereocenters. The maximum Gasteiger partial charge on any atom is 0.236 e. The van der Waals surface area contributed by atoms with E-state index in [0.29, 0.717) is 50.9 Å². The predicted molar refractivity (Wildman–Crippen MR) is 126 cm³/mol. The summed E-state index contributed by atoms with van der Waals surface area (Å²) in [7, 11) is 0. The highest BCUT2D eigenvalue weighted by Crippen LogP contribution is 2.36. The molecule has 4 heterocycles. The summed E-state index contributed by atoms with van der Waals surface area (Å²) < 4.78 is 11.4. The summed E-state index contributed by atoms with van der Waals surface area (Å²) in [6.45, 7) is 15.2. The quantitative estimate of drug-likeness (QED) is 0.671. The van der Waals surface area contributed by atoms with Crippen molar-refractivity contribution in [2.24, 2.45) is 5.92 Å². The molecular weight excluding hydrogens is 418 g/mol. The van der Waals surface area contributed by atoms with Crippen molar-refractivity contribution in [1.82, 2.24) is 14.8 Å². The lowest BCUT2D eigenvalue weighted by atomic mass is 9.86. The molecule has 0 saturated carbocycles. The molecule has 1 aromatic heterocycles. The summed E-state index contributed by atoms with van der Waals surface area (Å²) >= 11 is 0. The molecule has 8 nitrogen and oxygen atoms in total. The number of nitrogens with zero attached hydrogens (tertiary/aromatic N) is 5. The average Bonchev–Trinajstić information content (AvgIpc) is 2.79. The van der Waals surface area contributed by atoms with Crippen molar-refractivity contribution in [3.05, 3.63) is 22.4 Å². The first-order valence-electron chi connectivity index (χ1n) is 12.2. The smallest absolute Gasteiger partial charge is 0.236 e. The third kappa shape index (κ3) is 5.48. The van der Waals surface area contributed by atoms with Crippen LogP contribution in [-0.4, -0.2) is 85.3 Å². The van der Waals surface area contributed by atoms with Crippen molar-refractivity contribution in [2.45, 2.75) is 52.7 Å². The first-order valence-corrected chi connectivity index (χ1v) is 12.2. The van der Waals surface area contributed by atoms with Gasteiger partial charge in [-0.25, -0.2) is 4.98 Å². The molecule has 3 aliphatic heterocycles. The van der Waals surface area contributed by atoms with Gasteiger partial charge >= 0.3 is 0 Å². The van der Waals surface area contributed by atoms with Crippen LogP contribution in [-0.2, 0) is 33.7 Å². The highest BCUT2D eigenvalue weighted by Gasteiger charge is 2.33. The van der Waals surface area contributed by atoms with Crippen LogP contribution in [0.25, 0.3) is 0 Å². The van der Waals surface area contributed by atoms with E-state index in [4.69, 9.17) is 14.5 Å². The van der Waals surface area contributed by atoms with Gasteiger partial charge in [0.25, 0.3) is 0 Å². The maximum atomic E-state index is 12.6. The van der Waals surface area contributed by atoms with E-state index < -0.39 is 0 Å². The van der Waals surface area contributed by atoms with E-state index in [0.717, 1.165) is 61.7 Å². The Bertz CT molecular complexity index is 910. The summed E-state index contributed by atoms with van der Waals surface area (Å²) in [5.74, 6) is 1.46. The second-order valence-corrected chi connectivity index (χ2v) is 10.4. The van der Waals surface area contributed by atoms with Crippen LogP contribution in [0, 0.1) is 17.2 Å². The number of aromatic nitrogens is 1. The second kappa shape index (κ2) is 9.96. The maximum absolute atomic E-state index is 12.6. The van der Waals surface area contributed by atoms with Gasteiger partial charge in [-0.05, 0) is 31.7 Å². The summed E-state index contributed by atoms with van der Waals surface area (Å²) in [6, 6.07) is 2.48. The molecular formula is C25H37N5O3. The zero-order valence-corrected chi connectivity index (χ0v) is 20.5. The Hall–Kier alpha value is -2.21. The van der Waals surface area contributed by atoms with E-state index in [1.165, 1.54) is 0 Å². The zero-order chi connectivity index (χ0) is 23.6. The minimum absolute atomic E-state index is 0.179. The molecule has 1 amide bonds. The number of carbonyl (C=O) groups excluding carboxylic acids is 1. The topological polar surface area (TPSA) is 81.9 Å². The monoisotopic (exact) mass is 455 g/mol. The molecule has 0 radical (unpaired) electrons. The Labute approximate surface area is 197 Å². The van der Waals surface area contributed by atoms with Gasteiger partial charge in [0.1, 0.15) is 11.9 Å². The summed E-state index contributed by atoms with van der Waals surface area (Å²) in [4.78, 5) is 24.0. The Kier molecular flexibility index (Phi) is 7.22. The molecule has 3 aliphatic rings.